The fraction of sp³-hybridized carbons (Fsp3) is 0.393. The summed E-state index contributed by atoms with van der Waals surface area (Å²) in [6.45, 7) is 5.36. The number of fused-ring (bicyclic) bond motifs is 1. The van der Waals surface area contributed by atoms with Crippen LogP contribution in [0.4, 0.5) is 24.8 Å². The van der Waals surface area contributed by atoms with Crippen molar-refractivity contribution in [2.45, 2.75) is 45.2 Å². The lowest BCUT2D eigenvalue weighted by Crippen LogP contribution is -2.51. The quantitative estimate of drug-likeness (QED) is 0.271. The van der Waals surface area contributed by atoms with Gasteiger partial charge in [-0.25, -0.2) is 9.97 Å². The molecule has 4 heterocycles. The minimum atomic E-state index is -4.65. The molecular formula is C28H30ClF3N8O5. The second-order valence-electron chi connectivity index (χ2n) is 10.4. The van der Waals surface area contributed by atoms with Gasteiger partial charge in [0.05, 0.1) is 32.0 Å². The number of aryl methyl sites for hydroxylation is 1. The second-order valence-corrected chi connectivity index (χ2v) is 10.8. The number of amides is 2. The van der Waals surface area contributed by atoms with Crippen molar-refractivity contribution >= 4 is 40.6 Å². The third kappa shape index (κ3) is 6.12. The number of aromatic nitrogens is 5. The molecule has 45 heavy (non-hydrogen) atoms. The topological polar surface area (TPSA) is 162 Å². The molecule has 0 bridgehead atoms. The van der Waals surface area contributed by atoms with Crippen LogP contribution in [0.15, 0.2) is 30.5 Å². The van der Waals surface area contributed by atoms with E-state index in [2.05, 4.69) is 15.4 Å². The van der Waals surface area contributed by atoms with Crippen molar-refractivity contribution in [3.05, 3.63) is 52.7 Å². The number of morpholine rings is 1. The van der Waals surface area contributed by atoms with Crippen LogP contribution in [0.25, 0.3) is 16.8 Å². The van der Waals surface area contributed by atoms with Gasteiger partial charge in [0.1, 0.15) is 51.7 Å². The molecule has 3 aromatic heterocycles. The molecule has 1 aliphatic rings. The average molecular weight is 651 g/mol. The van der Waals surface area contributed by atoms with Crippen LogP contribution in [-0.2, 0) is 22.8 Å². The molecule has 3 atom stereocenters. The van der Waals surface area contributed by atoms with E-state index in [0.717, 1.165) is 13.1 Å². The lowest BCUT2D eigenvalue weighted by atomic mass is 10.1. The molecule has 4 N–H and O–H groups in total. The SMILES string of the molecule is CCOc1cc(C(=O)Nc2cc(C(F)(F)F)n(C)n2)ccc1-c1nc([C@H]2CN(C(=O)C(C)O)[C@@H](C)CO2)n2c(Cl)cnc(N)c12. The zero-order valence-corrected chi connectivity index (χ0v) is 25.3. The van der Waals surface area contributed by atoms with Crippen LogP contribution in [-0.4, -0.2) is 77.9 Å². The molecule has 5 rings (SSSR count). The van der Waals surface area contributed by atoms with Crippen LogP contribution in [0.3, 0.4) is 0 Å². The third-order valence-electron chi connectivity index (χ3n) is 7.24. The number of hydrogen-bond donors (Lipinski definition) is 3. The van der Waals surface area contributed by atoms with Crippen molar-refractivity contribution in [2.24, 2.45) is 7.05 Å². The first-order valence-corrected chi connectivity index (χ1v) is 14.2. The van der Waals surface area contributed by atoms with E-state index in [9.17, 15) is 27.9 Å². The van der Waals surface area contributed by atoms with E-state index in [4.69, 9.17) is 31.8 Å². The summed E-state index contributed by atoms with van der Waals surface area (Å²) in [6, 6.07) is 4.85. The summed E-state index contributed by atoms with van der Waals surface area (Å²) in [5.74, 6) is -0.848. The van der Waals surface area contributed by atoms with Crippen LogP contribution in [0.2, 0.25) is 5.15 Å². The van der Waals surface area contributed by atoms with Crippen molar-refractivity contribution in [1.82, 2.24) is 29.0 Å². The summed E-state index contributed by atoms with van der Waals surface area (Å²) in [7, 11) is 1.12. The highest BCUT2D eigenvalue weighted by Gasteiger charge is 2.37. The molecule has 0 radical (unpaired) electrons. The predicted octanol–water partition coefficient (Wildman–Crippen LogP) is 3.70. The van der Waals surface area contributed by atoms with Crippen LogP contribution < -0.4 is 15.8 Å². The number of carbonyl (C=O) groups excluding carboxylic acids is 2. The molecule has 17 heteroatoms. The van der Waals surface area contributed by atoms with Crippen molar-refractivity contribution in [3.63, 3.8) is 0 Å². The number of halogens is 4. The smallest absolute Gasteiger partial charge is 0.433 e. The Hall–Kier alpha value is -4.41. The number of imidazole rings is 1. The van der Waals surface area contributed by atoms with Crippen molar-refractivity contribution < 1.29 is 37.3 Å². The Labute approximate surface area is 259 Å². The molecule has 2 amide bonds. The minimum absolute atomic E-state index is 0.0724. The second kappa shape index (κ2) is 12.2. The molecular weight excluding hydrogens is 621 g/mol. The van der Waals surface area contributed by atoms with Gasteiger partial charge < -0.3 is 30.5 Å². The summed E-state index contributed by atoms with van der Waals surface area (Å²) >= 11 is 6.58. The molecule has 4 aromatic rings. The number of rotatable bonds is 7. The summed E-state index contributed by atoms with van der Waals surface area (Å²) in [5, 5.41) is 16.2. The van der Waals surface area contributed by atoms with Gasteiger partial charge in [-0.1, -0.05) is 11.6 Å². The van der Waals surface area contributed by atoms with Crippen molar-refractivity contribution in [2.75, 3.05) is 30.8 Å². The summed E-state index contributed by atoms with van der Waals surface area (Å²) in [5.41, 5.74) is 6.39. The Bertz CT molecular complexity index is 1770. The van der Waals surface area contributed by atoms with Crippen molar-refractivity contribution in [1.29, 1.82) is 0 Å². The average Bonchev–Trinajstić information content (AvgIpc) is 3.56. The van der Waals surface area contributed by atoms with Crippen molar-refractivity contribution in [3.8, 4) is 17.0 Å². The van der Waals surface area contributed by atoms with E-state index in [0.29, 0.717) is 27.3 Å². The lowest BCUT2D eigenvalue weighted by Gasteiger charge is -2.38. The van der Waals surface area contributed by atoms with Gasteiger partial charge in [-0.05, 0) is 39.0 Å². The molecule has 1 aliphatic heterocycles. The first kappa shape index (κ1) is 32.0. The highest BCUT2D eigenvalue weighted by atomic mass is 35.5. The minimum Gasteiger partial charge on any atom is -0.493 e. The molecule has 13 nitrogen and oxygen atoms in total. The maximum absolute atomic E-state index is 13.2. The normalized spacial score (nSPS) is 17.8. The van der Waals surface area contributed by atoms with Crippen LogP contribution >= 0.6 is 11.6 Å². The number of nitrogens with one attached hydrogen (secondary N) is 1. The monoisotopic (exact) mass is 650 g/mol. The Balaban J connectivity index is 1.55. The zero-order chi connectivity index (χ0) is 32.8. The van der Waals surface area contributed by atoms with Gasteiger partial charge in [-0.3, -0.25) is 18.7 Å². The number of nitrogens with zero attached hydrogens (tertiary/aromatic N) is 6. The number of hydrogen-bond acceptors (Lipinski definition) is 9. The first-order chi connectivity index (χ1) is 21.2. The first-order valence-electron chi connectivity index (χ1n) is 13.8. The standard InChI is InChI=1S/C28H30ClF3N8O5/c1-5-44-17-8-15(26(42)35-21-9-19(28(30,31)32)38(4)37-21)6-7-16(17)22-23-24(33)34-10-20(29)40(23)25(36-22)18-11-39(13(2)12-45-18)27(43)14(3)41/h6-10,13-14,18,41H,5,11-12H2,1-4H3,(H2,33,34)(H,35,37,42)/t13-,14?,18+/m0/s1. The molecule has 1 saturated heterocycles. The third-order valence-corrected chi connectivity index (χ3v) is 7.51. The number of aliphatic hydroxyl groups is 1. The maximum Gasteiger partial charge on any atom is 0.433 e. The molecule has 1 unspecified atom stereocenters. The number of ether oxygens (including phenoxy) is 2. The summed E-state index contributed by atoms with van der Waals surface area (Å²) < 4.78 is 53.7. The highest BCUT2D eigenvalue weighted by Crippen LogP contribution is 2.39. The van der Waals surface area contributed by atoms with E-state index in [-0.39, 0.29) is 53.9 Å². The van der Waals surface area contributed by atoms with Crippen LogP contribution in [0.1, 0.15) is 48.8 Å². The predicted molar refractivity (Wildman–Crippen MR) is 157 cm³/mol. The van der Waals surface area contributed by atoms with Gasteiger partial charge in [0, 0.05) is 24.2 Å². The fourth-order valence-electron chi connectivity index (χ4n) is 5.11. The molecule has 1 aromatic carbocycles. The number of carbonyl (C=O) groups is 2. The van der Waals surface area contributed by atoms with E-state index in [1.54, 1.807) is 24.3 Å². The Kier molecular flexibility index (Phi) is 8.66. The molecule has 1 fully saturated rings. The Morgan fingerprint density at radius 2 is 2.04 bits per heavy atom. The highest BCUT2D eigenvalue weighted by molar-refractivity contribution is 6.30. The van der Waals surface area contributed by atoms with E-state index >= 15 is 0 Å². The zero-order valence-electron chi connectivity index (χ0n) is 24.6. The van der Waals surface area contributed by atoms with Gasteiger partial charge in [0.25, 0.3) is 11.8 Å². The number of nitrogen functional groups attached to an aromatic ring is 1. The van der Waals surface area contributed by atoms with E-state index in [1.165, 1.54) is 30.2 Å². The number of aliphatic hydroxyl groups excluding tert-OH is 1. The maximum atomic E-state index is 13.2. The van der Waals surface area contributed by atoms with Gasteiger partial charge in [-0.15, -0.1) is 0 Å². The number of alkyl halides is 3. The summed E-state index contributed by atoms with van der Waals surface area (Å²) in [4.78, 5) is 36.3. The van der Waals surface area contributed by atoms with Gasteiger partial charge in [-0.2, -0.15) is 18.3 Å². The van der Waals surface area contributed by atoms with Crippen LogP contribution in [0, 0.1) is 0 Å². The van der Waals surface area contributed by atoms with E-state index in [1.807, 2.05) is 0 Å². The number of anilines is 2. The fourth-order valence-corrected chi connectivity index (χ4v) is 5.33. The van der Waals surface area contributed by atoms with E-state index < -0.39 is 35.9 Å². The Morgan fingerprint density at radius 1 is 1.31 bits per heavy atom. The largest absolute Gasteiger partial charge is 0.493 e. The number of nitrogens with two attached hydrogens (primary N) is 1. The lowest BCUT2D eigenvalue weighted by molar-refractivity contribution is -0.152. The van der Waals surface area contributed by atoms with Gasteiger partial charge in [0.2, 0.25) is 0 Å². The Morgan fingerprint density at radius 3 is 2.69 bits per heavy atom. The number of benzene rings is 1. The van der Waals surface area contributed by atoms with Crippen LogP contribution in [0.5, 0.6) is 5.75 Å². The molecule has 0 aliphatic carbocycles. The molecule has 0 saturated carbocycles. The molecule has 0 spiro atoms. The summed E-state index contributed by atoms with van der Waals surface area (Å²) in [6.07, 6.45) is -5.27. The van der Waals surface area contributed by atoms with Gasteiger partial charge in [0.15, 0.2) is 5.82 Å². The molecule has 240 valence electrons. The van der Waals surface area contributed by atoms with Gasteiger partial charge >= 0.3 is 6.18 Å².